The van der Waals surface area contributed by atoms with E-state index in [0.29, 0.717) is 32.5 Å². The molecule has 0 bridgehead atoms. The molecule has 0 rings (SSSR count). The molecule has 0 saturated heterocycles. The zero-order chi connectivity index (χ0) is 33.8. The van der Waals surface area contributed by atoms with E-state index in [1.807, 2.05) is 0 Å². The largest absolute Gasteiger partial charge is 1.00 e. The summed E-state index contributed by atoms with van der Waals surface area (Å²) in [6.45, 7) is 6.31. The fourth-order valence-electron chi connectivity index (χ4n) is 4.26. The van der Waals surface area contributed by atoms with E-state index in [9.17, 15) is 21.4 Å². The third-order valence-corrected chi connectivity index (χ3v) is 7.62. The first-order valence-electron chi connectivity index (χ1n) is 16.7. The number of nitrogens with zero attached hydrogens (tertiary/aromatic N) is 1. The van der Waals surface area contributed by atoms with E-state index >= 15 is 0 Å². The molecule has 0 amide bonds. The van der Waals surface area contributed by atoms with Crippen LogP contribution in [0.25, 0.3) is 0 Å². The quantitative estimate of drug-likeness (QED) is 0.0370. The molecule has 0 saturated carbocycles. The van der Waals surface area contributed by atoms with Crippen LogP contribution >= 0.6 is 0 Å². The normalized spacial score (nSPS) is 11.4. The summed E-state index contributed by atoms with van der Waals surface area (Å²) < 4.78 is 67.4. The molecule has 0 aliphatic rings. The molecule has 0 aliphatic carbocycles. The van der Waals surface area contributed by atoms with E-state index in [0.717, 1.165) is 25.7 Å². The average Bonchev–Trinajstić information content (AvgIpc) is 2.95. The van der Waals surface area contributed by atoms with Gasteiger partial charge in [0.05, 0.1) is 33.0 Å². The molecule has 0 aromatic heterocycles. The monoisotopic (exact) mass is 703 g/mol. The van der Waals surface area contributed by atoms with Crippen LogP contribution in [0.2, 0.25) is 0 Å². The van der Waals surface area contributed by atoms with Gasteiger partial charge in [-0.15, -0.1) is 0 Å². The fraction of sp³-hybridized carbons (Fsp3) is 1.00. The smallest absolute Gasteiger partial charge is 0.726 e. The van der Waals surface area contributed by atoms with E-state index in [1.54, 1.807) is 4.90 Å². The zero-order valence-corrected chi connectivity index (χ0v) is 32.3. The van der Waals surface area contributed by atoms with Crippen molar-refractivity contribution in [3.8, 4) is 0 Å². The molecule has 12 nitrogen and oxygen atoms in total. The minimum absolute atomic E-state index is 0. The van der Waals surface area contributed by atoms with E-state index < -0.39 is 20.8 Å². The minimum atomic E-state index is -4.48. The summed E-state index contributed by atoms with van der Waals surface area (Å²) in [5, 5.41) is 25.5. The van der Waals surface area contributed by atoms with Crippen LogP contribution in [0.4, 0.5) is 0 Å². The first-order valence-corrected chi connectivity index (χ1v) is 19.4. The number of rotatable bonds is 30. The van der Waals surface area contributed by atoms with Gasteiger partial charge in [0.2, 0.25) is 10.4 Å². The van der Waals surface area contributed by atoms with Gasteiger partial charge >= 0.3 is 40.0 Å². The second-order valence-electron chi connectivity index (χ2n) is 10.9. The van der Waals surface area contributed by atoms with Crippen LogP contribution in [-0.2, 0) is 29.2 Å². The molecule has 45 heavy (non-hydrogen) atoms. The molecule has 0 fully saturated rings. The van der Waals surface area contributed by atoms with Crippen LogP contribution in [0.5, 0.6) is 0 Å². The van der Waals surface area contributed by atoms with Crippen molar-refractivity contribution in [2.75, 3.05) is 52.7 Å². The third kappa shape index (κ3) is 57.2. The van der Waals surface area contributed by atoms with Gasteiger partial charge in [-0.3, -0.25) is 13.6 Å². The summed E-state index contributed by atoms with van der Waals surface area (Å²) in [6, 6.07) is 0. The van der Waals surface area contributed by atoms with Crippen LogP contribution in [0.3, 0.4) is 0 Å². The predicted octanol–water partition coefficient (Wildman–Crippen LogP) is 2.38. The van der Waals surface area contributed by atoms with Crippen molar-refractivity contribution in [1.82, 2.24) is 4.90 Å². The Morgan fingerprint density at radius 1 is 0.511 bits per heavy atom. The number of aliphatic hydroxyl groups excluding tert-OH is 3. The molecule has 0 aromatic carbocycles. The van der Waals surface area contributed by atoms with Gasteiger partial charge in [0, 0.05) is 19.6 Å². The van der Waals surface area contributed by atoms with Crippen LogP contribution in [0.1, 0.15) is 142 Å². The van der Waals surface area contributed by atoms with Crippen LogP contribution in [0.15, 0.2) is 0 Å². The van der Waals surface area contributed by atoms with Gasteiger partial charge in [-0.1, -0.05) is 129 Å². The van der Waals surface area contributed by atoms with Crippen molar-refractivity contribution < 1.29 is 79.2 Å². The molecule has 0 atom stereocenters. The van der Waals surface area contributed by atoms with Crippen molar-refractivity contribution in [3.63, 3.8) is 0 Å². The van der Waals surface area contributed by atoms with E-state index in [1.165, 1.54) is 89.9 Å². The van der Waals surface area contributed by atoms with Gasteiger partial charge in [0.1, 0.15) is 0 Å². The number of hydrogen-bond donors (Lipinski definition) is 4. The van der Waals surface area contributed by atoms with Crippen LogP contribution in [-0.4, -0.2) is 98.8 Å². The summed E-state index contributed by atoms with van der Waals surface area (Å²) in [6.07, 6.45) is 23.6. The Bertz CT molecular complexity index is 693. The molecule has 15 heteroatoms. The first-order chi connectivity index (χ1) is 21.0. The van der Waals surface area contributed by atoms with Gasteiger partial charge in [0.15, 0.2) is 0 Å². The Morgan fingerprint density at radius 3 is 1.02 bits per heavy atom. The second-order valence-corrected chi connectivity index (χ2v) is 13.0. The Balaban J connectivity index is -0.000000287. The Kier molecular flexibility index (Phi) is 47.5. The average molecular weight is 704 g/mol. The van der Waals surface area contributed by atoms with Gasteiger partial charge in [-0.05, 0) is 12.8 Å². The summed E-state index contributed by atoms with van der Waals surface area (Å²) in [7, 11) is -8.72. The van der Waals surface area contributed by atoms with Crippen molar-refractivity contribution in [2.24, 2.45) is 0 Å². The maximum atomic E-state index is 10.2. The van der Waals surface area contributed by atoms with E-state index in [2.05, 4.69) is 22.2 Å². The maximum absolute atomic E-state index is 10.2. The molecular formula is C30H66NNaO11S2. The molecule has 0 heterocycles. The standard InChI is InChI=1S/2C12H26O4S.C6H15NO3.Na/c2*1-2-3-4-5-6-7-8-9-10-11-12-16-17(13,14)15;8-4-1-7(2-5-9)3-6-10;/h2*2-12H2,1H3,(H,13,14,15);8-10H,1-6H2;/q;;;+1/p-1. The van der Waals surface area contributed by atoms with E-state index in [4.69, 9.17) is 19.9 Å². The maximum Gasteiger partial charge on any atom is 1.00 e. The van der Waals surface area contributed by atoms with Crippen molar-refractivity contribution in [3.05, 3.63) is 0 Å². The summed E-state index contributed by atoms with van der Waals surface area (Å²) in [5.41, 5.74) is 0. The molecule has 4 N–H and O–H groups in total. The zero-order valence-electron chi connectivity index (χ0n) is 28.7. The number of aliphatic hydroxyl groups is 3. The van der Waals surface area contributed by atoms with Crippen LogP contribution in [0, 0.1) is 0 Å². The number of hydrogen-bond acceptors (Lipinski definition) is 11. The van der Waals surface area contributed by atoms with Crippen LogP contribution < -0.4 is 29.6 Å². The SMILES string of the molecule is CCCCCCCCCCCCOS(=O)(=O)O.CCCCCCCCCCCCOS(=O)(=O)[O-].OCCN(CCO)CCO.[Na+]. The van der Waals surface area contributed by atoms with Gasteiger partial charge < -0.3 is 19.9 Å². The van der Waals surface area contributed by atoms with Gasteiger partial charge in [-0.25, -0.2) is 12.6 Å². The molecular weight excluding hydrogens is 637 g/mol. The van der Waals surface area contributed by atoms with Gasteiger partial charge in [0.25, 0.3) is 0 Å². The third-order valence-electron chi connectivity index (χ3n) is 6.70. The Labute approximate surface area is 298 Å². The second kappa shape index (κ2) is 40.8. The summed E-state index contributed by atoms with van der Waals surface area (Å²) in [4.78, 5) is 1.79. The fourth-order valence-corrected chi connectivity index (χ4v) is 4.91. The van der Waals surface area contributed by atoms with Crippen molar-refractivity contribution in [2.45, 2.75) is 142 Å². The van der Waals surface area contributed by atoms with Crippen molar-refractivity contribution in [1.29, 1.82) is 0 Å². The molecule has 0 radical (unpaired) electrons. The molecule has 0 aromatic rings. The van der Waals surface area contributed by atoms with E-state index in [-0.39, 0.29) is 62.6 Å². The number of unbranched alkanes of at least 4 members (excludes halogenated alkanes) is 18. The summed E-state index contributed by atoms with van der Waals surface area (Å²) >= 11 is 0. The molecule has 270 valence electrons. The predicted molar refractivity (Wildman–Crippen MR) is 175 cm³/mol. The first kappa shape index (κ1) is 52.4. The molecule has 0 unspecified atom stereocenters. The molecule has 0 aliphatic heterocycles. The van der Waals surface area contributed by atoms with Crippen molar-refractivity contribution >= 4 is 20.8 Å². The topological polar surface area (TPSA) is 194 Å². The Hall–Kier alpha value is 0.580. The molecule has 0 spiro atoms. The van der Waals surface area contributed by atoms with Gasteiger partial charge in [-0.2, -0.15) is 8.42 Å². The Morgan fingerprint density at radius 2 is 0.778 bits per heavy atom. The summed E-state index contributed by atoms with van der Waals surface area (Å²) in [5.74, 6) is 0. The minimum Gasteiger partial charge on any atom is -0.726 e.